The summed E-state index contributed by atoms with van der Waals surface area (Å²) in [6.07, 6.45) is 6.72. The van der Waals surface area contributed by atoms with Gasteiger partial charge in [0.2, 0.25) is 5.95 Å². The van der Waals surface area contributed by atoms with Gasteiger partial charge in [0.05, 0.1) is 17.5 Å². The number of rotatable bonds is 7. The summed E-state index contributed by atoms with van der Waals surface area (Å²) in [6, 6.07) is 0.434. The summed E-state index contributed by atoms with van der Waals surface area (Å²) < 4.78 is 1.99. The first kappa shape index (κ1) is 21.2. The molecule has 3 rings (SSSR count). The molecule has 2 aromatic rings. The van der Waals surface area contributed by atoms with E-state index < -0.39 is 0 Å². The first-order valence-corrected chi connectivity index (χ1v) is 10.3. The van der Waals surface area contributed by atoms with Crippen LogP contribution in [-0.2, 0) is 6.54 Å². The molecule has 0 aliphatic carbocycles. The molecule has 0 saturated carbocycles. The standard InChI is InChI=1S/C21H33N7O/c1-14(2)24-20(29)18-10-22-21(26(5)6)25-19(18)17-7-8-27(13-17)11-16-9-23-28(12-16)15(3)4/h9-10,12,14-15,17H,7-8,11,13H2,1-6H3,(H,24,29). The molecule has 8 heteroatoms. The molecule has 1 atom stereocenters. The average molecular weight is 400 g/mol. The molecule has 1 saturated heterocycles. The van der Waals surface area contributed by atoms with Gasteiger partial charge in [-0.2, -0.15) is 5.10 Å². The highest BCUT2D eigenvalue weighted by Gasteiger charge is 2.30. The van der Waals surface area contributed by atoms with Gasteiger partial charge in [0.15, 0.2) is 0 Å². The number of amides is 1. The van der Waals surface area contributed by atoms with E-state index in [4.69, 9.17) is 4.98 Å². The van der Waals surface area contributed by atoms with Crippen LogP contribution in [0.4, 0.5) is 5.95 Å². The van der Waals surface area contributed by atoms with Crippen LogP contribution in [0.15, 0.2) is 18.6 Å². The third kappa shape index (κ3) is 5.12. The Morgan fingerprint density at radius 2 is 2.03 bits per heavy atom. The van der Waals surface area contributed by atoms with E-state index in [-0.39, 0.29) is 17.9 Å². The third-order valence-corrected chi connectivity index (χ3v) is 5.12. The number of nitrogens with one attached hydrogen (secondary N) is 1. The van der Waals surface area contributed by atoms with Crippen LogP contribution in [0.2, 0.25) is 0 Å². The Morgan fingerprint density at radius 1 is 1.28 bits per heavy atom. The Labute approximate surface area is 173 Å². The zero-order chi connectivity index (χ0) is 21.1. The molecule has 1 unspecified atom stereocenters. The van der Waals surface area contributed by atoms with Crippen LogP contribution in [0, 0.1) is 0 Å². The lowest BCUT2D eigenvalue weighted by atomic mass is 9.99. The maximum atomic E-state index is 12.7. The van der Waals surface area contributed by atoms with Crippen molar-refractivity contribution >= 4 is 11.9 Å². The molecule has 8 nitrogen and oxygen atoms in total. The fraction of sp³-hybridized carbons (Fsp3) is 0.619. The molecular weight excluding hydrogens is 366 g/mol. The fourth-order valence-electron chi connectivity index (χ4n) is 3.63. The van der Waals surface area contributed by atoms with Gasteiger partial charge in [-0.3, -0.25) is 14.4 Å². The quantitative estimate of drug-likeness (QED) is 0.770. The summed E-state index contributed by atoms with van der Waals surface area (Å²) in [5.41, 5.74) is 2.65. The number of carbonyl (C=O) groups excluding carboxylic acids is 1. The second-order valence-corrected chi connectivity index (χ2v) is 8.63. The van der Waals surface area contributed by atoms with Gasteiger partial charge in [0.25, 0.3) is 5.91 Å². The van der Waals surface area contributed by atoms with Crippen molar-refractivity contribution in [3.8, 4) is 0 Å². The molecule has 3 heterocycles. The van der Waals surface area contributed by atoms with Crippen molar-refractivity contribution in [3.05, 3.63) is 35.4 Å². The average Bonchev–Trinajstić information content (AvgIpc) is 3.30. The van der Waals surface area contributed by atoms with Gasteiger partial charge < -0.3 is 10.2 Å². The second-order valence-electron chi connectivity index (χ2n) is 8.63. The van der Waals surface area contributed by atoms with Crippen molar-refractivity contribution in [2.24, 2.45) is 0 Å². The highest BCUT2D eigenvalue weighted by Crippen LogP contribution is 2.30. The fourth-order valence-corrected chi connectivity index (χ4v) is 3.63. The van der Waals surface area contributed by atoms with Crippen molar-refractivity contribution in [1.82, 2.24) is 30.0 Å². The van der Waals surface area contributed by atoms with Gasteiger partial charge in [-0.15, -0.1) is 0 Å². The maximum Gasteiger partial charge on any atom is 0.254 e. The lowest BCUT2D eigenvalue weighted by Crippen LogP contribution is -2.32. The van der Waals surface area contributed by atoms with Crippen LogP contribution in [0.1, 0.15) is 67.7 Å². The Hall–Kier alpha value is -2.48. The van der Waals surface area contributed by atoms with Gasteiger partial charge in [-0.05, 0) is 40.7 Å². The van der Waals surface area contributed by atoms with Crippen molar-refractivity contribution in [2.45, 2.75) is 58.7 Å². The number of likely N-dealkylation sites (tertiary alicyclic amines) is 1. The van der Waals surface area contributed by atoms with Crippen LogP contribution in [0.5, 0.6) is 0 Å². The lowest BCUT2D eigenvalue weighted by Gasteiger charge is -2.19. The van der Waals surface area contributed by atoms with E-state index in [1.54, 1.807) is 6.20 Å². The van der Waals surface area contributed by atoms with Crippen LogP contribution in [-0.4, -0.2) is 63.8 Å². The van der Waals surface area contributed by atoms with Crippen molar-refractivity contribution in [2.75, 3.05) is 32.1 Å². The summed E-state index contributed by atoms with van der Waals surface area (Å²) in [7, 11) is 3.83. The van der Waals surface area contributed by atoms with Gasteiger partial charge in [-0.1, -0.05) is 0 Å². The third-order valence-electron chi connectivity index (χ3n) is 5.12. The summed E-state index contributed by atoms with van der Waals surface area (Å²) in [5, 5.41) is 7.42. The van der Waals surface area contributed by atoms with E-state index in [1.165, 1.54) is 5.56 Å². The monoisotopic (exact) mass is 399 g/mol. The molecule has 2 aromatic heterocycles. The normalized spacial score (nSPS) is 17.3. The summed E-state index contributed by atoms with van der Waals surface area (Å²) in [6.45, 7) is 10.9. The maximum absolute atomic E-state index is 12.7. The van der Waals surface area contributed by atoms with Crippen molar-refractivity contribution < 1.29 is 4.79 Å². The molecule has 1 amide bonds. The number of carbonyl (C=O) groups is 1. The molecule has 1 fully saturated rings. The molecule has 0 bridgehead atoms. The highest BCUT2D eigenvalue weighted by molar-refractivity contribution is 5.95. The summed E-state index contributed by atoms with van der Waals surface area (Å²) in [4.78, 5) is 26.1. The molecule has 1 N–H and O–H groups in total. The van der Waals surface area contributed by atoms with Crippen LogP contribution >= 0.6 is 0 Å². The minimum absolute atomic E-state index is 0.0708. The van der Waals surface area contributed by atoms with Crippen molar-refractivity contribution in [3.63, 3.8) is 0 Å². The molecule has 0 radical (unpaired) electrons. The highest BCUT2D eigenvalue weighted by atomic mass is 16.1. The summed E-state index contributed by atoms with van der Waals surface area (Å²) in [5.74, 6) is 0.750. The number of nitrogens with zero attached hydrogens (tertiary/aromatic N) is 6. The van der Waals surface area contributed by atoms with E-state index in [9.17, 15) is 4.79 Å². The molecular formula is C21H33N7O. The number of hydrogen-bond acceptors (Lipinski definition) is 6. The van der Waals surface area contributed by atoms with E-state index in [0.717, 1.165) is 31.7 Å². The number of aromatic nitrogens is 4. The Bertz CT molecular complexity index is 843. The van der Waals surface area contributed by atoms with Crippen molar-refractivity contribution in [1.29, 1.82) is 0 Å². The van der Waals surface area contributed by atoms with Gasteiger partial charge in [-0.25, -0.2) is 9.97 Å². The van der Waals surface area contributed by atoms with E-state index in [2.05, 4.69) is 40.3 Å². The van der Waals surface area contributed by atoms with Crippen LogP contribution in [0.25, 0.3) is 0 Å². The minimum atomic E-state index is -0.100. The minimum Gasteiger partial charge on any atom is -0.350 e. The van der Waals surface area contributed by atoms with Crippen LogP contribution < -0.4 is 10.2 Å². The second kappa shape index (κ2) is 8.90. The van der Waals surface area contributed by atoms with E-state index >= 15 is 0 Å². The molecule has 158 valence electrons. The summed E-state index contributed by atoms with van der Waals surface area (Å²) >= 11 is 0. The smallest absolute Gasteiger partial charge is 0.254 e. The molecule has 29 heavy (non-hydrogen) atoms. The zero-order valence-electron chi connectivity index (χ0n) is 18.4. The number of anilines is 1. The Kier molecular flexibility index (Phi) is 6.52. The predicted molar refractivity (Wildman–Crippen MR) is 114 cm³/mol. The molecule has 1 aliphatic heterocycles. The van der Waals surface area contributed by atoms with Gasteiger partial charge >= 0.3 is 0 Å². The SMILES string of the molecule is CC(C)NC(=O)c1cnc(N(C)C)nc1C1CCN(Cc2cnn(C(C)C)c2)C1. The molecule has 1 aliphatic rings. The molecule has 0 aromatic carbocycles. The first-order valence-electron chi connectivity index (χ1n) is 10.3. The van der Waals surface area contributed by atoms with Gasteiger partial charge in [0, 0.05) is 63.1 Å². The van der Waals surface area contributed by atoms with Gasteiger partial charge in [0.1, 0.15) is 0 Å². The van der Waals surface area contributed by atoms with E-state index in [0.29, 0.717) is 17.6 Å². The van der Waals surface area contributed by atoms with Crippen LogP contribution in [0.3, 0.4) is 0 Å². The van der Waals surface area contributed by atoms with E-state index in [1.807, 2.05) is 43.7 Å². The molecule has 0 spiro atoms. The topological polar surface area (TPSA) is 79.2 Å². The Morgan fingerprint density at radius 3 is 2.66 bits per heavy atom. The Balaban J connectivity index is 1.78. The lowest BCUT2D eigenvalue weighted by molar-refractivity contribution is 0.0940. The number of hydrogen-bond donors (Lipinski definition) is 1. The predicted octanol–water partition coefficient (Wildman–Crippen LogP) is 2.45. The first-order chi connectivity index (χ1) is 13.7. The zero-order valence-corrected chi connectivity index (χ0v) is 18.4. The largest absolute Gasteiger partial charge is 0.350 e.